The monoisotopic (exact) mass is 411 g/mol. The predicted octanol–water partition coefficient (Wildman–Crippen LogP) is 2.65. The Morgan fingerprint density at radius 3 is 2.37 bits per heavy atom. The van der Waals surface area contributed by atoms with Crippen LogP contribution in [0.2, 0.25) is 0 Å². The van der Waals surface area contributed by atoms with Crippen molar-refractivity contribution in [1.29, 1.82) is 0 Å². The number of anilines is 1. The Morgan fingerprint density at radius 2 is 1.74 bits per heavy atom. The Bertz CT molecular complexity index is 856. The van der Waals surface area contributed by atoms with Gasteiger partial charge in [-0.1, -0.05) is 50.2 Å². The molecule has 0 aliphatic carbocycles. The third kappa shape index (κ3) is 6.62. The molecule has 2 rings (SSSR count). The zero-order chi connectivity index (χ0) is 19.2. The first-order valence-corrected chi connectivity index (χ1v) is 9.88. The highest BCUT2D eigenvalue weighted by molar-refractivity contribution is 7.89. The number of amides is 1. The summed E-state index contributed by atoms with van der Waals surface area (Å²) in [6.45, 7) is 4.37. The molecule has 0 spiro atoms. The SMILES string of the molecule is CC(C)(CC(=O)Nc1cccc(S(=O)(=O)NCCN)c1)c1ccccc1.Cl. The summed E-state index contributed by atoms with van der Waals surface area (Å²) in [6.07, 6.45) is 0.277. The van der Waals surface area contributed by atoms with Gasteiger partial charge in [-0.3, -0.25) is 4.79 Å². The smallest absolute Gasteiger partial charge is 0.240 e. The first-order chi connectivity index (χ1) is 12.2. The van der Waals surface area contributed by atoms with Crippen LogP contribution in [0.4, 0.5) is 5.69 Å². The van der Waals surface area contributed by atoms with Crippen molar-refractivity contribution >= 4 is 34.0 Å². The van der Waals surface area contributed by atoms with Crippen LogP contribution in [0.5, 0.6) is 0 Å². The topological polar surface area (TPSA) is 101 Å². The largest absolute Gasteiger partial charge is 0.329 e. The Morgan fingerprint density at radius 1 is 1.07 bits per heavy atom. The van der Waals surface area contributed by atoms with Crippen molar-refractivity contribution in [2.24, 2.45) is 5.73 Å². The zero-order valence-corrected chi connectivity index (χ0v) is 17.1. The molecule has 0 saturated heterocycles. The Labute approximate surface area is 167 Å². The summed E-state index contributed by atoms with van der Waals surface area (Å²) in [5.74, 6) is -0.177. The maximum atomic E-state index is 12.4. The maximum Gasteiger partial charge on any atom is 0.240 e. The second-order valence-corrected chi connectivity index (χ2v) is 8.46. The second kappa shape index (κ2) is 9.85. The van der Waals surface area contributed by atoms with Gasteiger partial charge in [-0.05, 0) is 29.2 Å². The van der Waals surface area contributed by atoms with Crippen molar-refractivity contribution < 1.29 is 13.2 Å². The molecule has 0 aliphatic rings. The molecule has 2 aromatic carbocycles. The van der Waals surface area contributed by atoms with Gasteiger partial charge in [-0.25, -0.2) is 13.1 Å². The van der Waals surface area contributed by atoms with Crippen LogP contribution in [0.15, 0.2) is 59.5 Å². The first kappa shape index (κ1) is 23.1. The van der Waals surface area contributed by atoms with Gasteiger partial charge in [0.2, 0.25) is 15.9 Å². The van der Waals surface area contributed by atoms with Crippen LogP contribution in [-0.4, -0.2) is 27.4 Å². The van der Waals surface area contributed by atoms with E-state index in [1.807, 2.05) is 44.2 Å². The number of nitrogens with two attached hydrogens (primary N) is 1. The number of rotatable bonds is 8. The highest BCUT2D eigenvalue weighted by atomic mass is 35.5. The van der Waals surface area contributed by atoms with Crippen molar-refractivity contribution in [3.05, 3.63) is 60.2 Å². The molecule has 0 heterocycles. The van der Waals surface area contributed by atoms with Crippen LogP contribution in [0, 0.1) is 0 Å². The molecule has 4 N–H and O–H groups in total. The highest BCUT2D eigenvalue weighted by Gasteiger charge is 2.24. The Balaban J connectivity index is 0.00000364. The van der Waals surface area contributed by atoms with Crippen LogP contribution in [-0.2, 0) is 20.2 Å². The van der Waals surface area contributed by atoms with E-state index in [1.165, 1.54) is 12.1 Å². The van der Waals surface area contributed by atoms with Gasteiger partial charge in [0.15, 0.2) is 0 Å². The molecule has 0 atom stereocenters. The molecule has 8 heteroatoms. The summed E-state index contributed by atoms with van der Waals surface area (Å²) in [5, 5.41) is 2.78. The second-order valence-electron chi connectivity index (χ2n) is 6.69. The molecule has 27 heavy (non-hydrogen) atoms. The molecular weight excluding hydrogens is 386 g/mol. The number of sulfonamides is 1. The van der Waals surface area contributed by atoms with Crippen LogP contribution in [0.1, 0.15) is 25.8 Å². The molecule has 1 amide bonds. The minimum Gasteiger partial charge on any atom is -0.329 e. The van der Waals surface area contributed by atoms with Gasteiger partial charge < -0.3 is 11.1 Å². The van der Waals surface area contributed by atoms with E-state index >= 15 is 0 Å². The van der Waals surface area contributed by atoms with Crippen molar-refractivity contribution in [3.63, 3.8) is 0 Å². The van der Waals surface area contributed by atoms with E-state index in [1.54, 1.807) is 12.1 Å². The van der Waals surface area contributed by atoms with E-state index < -0.39 is 10.0 Å². The van der Waals surface area contributed by atoms with Gasteiger partial charge in [0.05, 0.1) is 4.90 Å². The summed E-state index contributed by atoms with van der Waals surface area (Å²) < 4.78 is 26.7. The predicted molar refractivity (Wildman–Crippen MR) is 111 cm³/mol. The van der Waals surface area contributed by atoms with Gasteiger partial charge in [-0.2, -0.15) is 0 Å². The lowest BCUT2D eigenvalue weighted by molar-refractivity contribution is -0.117. The molecule has 0 fully saturated rings. The molecule has 6 nitrogen and oxygen atoms in total. The van der Waals surface area contributed by atoms with Gasteiger partial charge in [0.1, 0.15) is 0 Å². The lowest BCUT2D eigenvalue weighted by atomic mass is 9.81. The summed E-state index contributed by atoms with van der Waals surface area (Å²) in [7, 11) is -3.64. The lowest BCUT2D eigenvalue weighted by Gasteiger charge is -2.24. The number of nitrogens with one attached hydrogen (secondary N) is 2. The van der Waals surface area contributed by atoms with Gasteiger partial charge in [-0.15, -0.1) is 12.4 Å². The van der Waals surface area contributed by atoms with Crippen LogP contribution < -0.4 is 15.8 Å². The fraction of sp³-hybridized carbons (Fsp3) is 0.316. The minimum atomic E-state index is -3.64. The number of hydrogen-bond acceptors (Lipinski definition) is 4. The Hall–Kier alpha value is -1.93. The van der Waals surface area contributed by atoms with Crippen LogP contribution in [0.25, 0.3) is 0 Å². The van der Waals surface area contributed by atoms with E-state index in [2.05, 4.69) is 10.0 Å². The molecule has 0 bridgehead atoms. The third-order valence-corrected chi connectivity index (χ3v) is 5.48. The standard InChI is InChI=1S/C19H25N3O3S.ClH/c1-19(2,15-7-4-3-5-8-15)14-18(23)22-16-9-6-10-17(13-16)26(24,25)21-12-11-20;/h3-10,13,21H,11-12,14,20H2,1-2H3,(H,22,23);1H. The molecule has 0 aromatic heterocycles. The molecule has 148 valence electrons. The number of hydrogen-bond donors (Lipinski definition) is 3. The summed E-state index contributed by atoms with van der Waals surface area (Å²) >= 11 is 0. The van der Waals surface area contributed by atoms with Crippen molar-refractivity contribution in [2.45, 2.75) is 30.6 Å². The molecule has 0 aliphatic heterocycles. The average Bonchev–Trinajstić information content (AvgIpc) is 2.60. The van der Waals surface area contributed by atoms with Crippen molar-refractivity contribution in [1.82, 2.24) is 4.72 Å². The summed E-state index contributed by atoms with van der Waals surface area (Å²) in [4.78, 5) is 12.5. The highest BCUT2D eigenvalue weighted by Crippen LogP contribution is 2.27. The first-order valence-electron chi connectivity index (χ1n) is 8.40. The quantitative estimate of drug-likeness (QED) is 0.621. The Kier molecular flexibility index (Phi) is 8.43. The van der Waals surface area contributed by atoms with Crippen molar-refractivity contribution in [3.8, 4) is 0 Å². The number of halogens is 1. The van der Waals surface area contributed by atoms with Crippen molar-refractivity contribution in [2.75, 3.05) is 18.4 Å². The van der Waals surface area contributed by atoms with E-state index in [4.69, 9.17) is 5.73 Å². The fourth-order valence-corrected chi connectivity index (χ4v) is 3.71. The average molecular weight is 412 g/mol. The fourth-order valence-electron chi connectivity index (χ4n) is 2.62. The zero-order valence-electron chi connectivity index (χ0n) is 15.4. The van der Waals surface area contributed by atoms with E-state index in [0.717, 1.165) is 5.56 Å². The maximum absolute atomic E-state index is 12.4. The third-order valence-electron chi connectivity index (χ3n) is 4.02. The molecule has 0 unspecified atom stereocenters. The number of carbonyl (C=O) groups is 1. The van der Waals surface area contributed by atoms with Crippen LogP contribution in [0.3, 0.4) is 0 Å². The number of carbonyl (C=O) groups excluding carboxylic acids is 1. The molecule has 2 aromatic rings. The van der Waals surface area contributed by atoms with Gasteiger partial charge in [0.25, 0.3) is 0 Å². The van der Waals surface area contributed by atoms with E-state index in [0.29, 0.717) is 5.69 Å². The lowest BCUT2D eigenvalue weighted by Crippen LogP contribution is -2.29. The summed E-state index contributed by atoms with van der Waals surface area (Å²) in [6, 6.07) is 16.0. The number of benzene rings is 2. The molecule has 0 saturated carbocycles. The van der Waals surface area contributed by atoms with E-state index in [9.17, 15) is 13.2 Å². The van der Waals surface area contributed by atoms with Gasteiger partial charge >= 0.3 is 0 Å². The molecular formula is C19H26ClN3O3S. The van der Waals surface area contributed by atoms with E-state index in [-0.39, 0.29) is 48.1 Å². The van der Waals surface area contributed by atoms with Gasteiger partial charge in [0, 0.05) is 25.2 Å². The minimum absolute atomic E-state index is 0. The molecule has 0 radical (unpaired) electrons. The normalized spacial score (nSPS) is 11.5. The summed E-state index contributed by atoms with van der Waals surface area (Å²) in [5.41, 5.74) is 6.50. The van der Waals surface area contributed by atoms with Crippen LogP contribution >= 0.6 is 12.4 Å².